The van der Waals surface area contributed by atoms with Crippen molar-refractivity contribution in [2.75, 3.05) is 19.5 Å². The van der Waals surface area contributed by atoms with E-state index in [1.54, 1.807) is 37.3 Å². The standard InChI is InChI=1S/C21H20ClNO6/c1-11-7-20(24)29-17-8-13(5-6-14(11)17)28-12(2)21(25)23-16-10-18(26-3)15(22)9-19(16)27-4/h5-10,12H,1-4H3,(H,23,25). The zero-order chi connectivity index (χ0) is 21.1. The van der Waals surface area contributed by atoms with Gasteiger partial charge in [0.25, 0.3) is 5.91 Å². The Bertz CT molecular complexity index is 1120. The Labute approximate surface area is 172 Å². The lowest BCUT2D eigenvalue weighted by molar-refractivity contribution is -0.122. The molecule has 0 fully saturated rings. The Kier molecular flexibility index (Phi) is 5.98. The summed E-state index contributed by atoms with van der Waals surface area (Å²) in [4.78, 5) is 24.2. The molecule has 0 aliphatic carbocycles. The highest BCUT2D eigenvalue weighted by molar-refractivity contribution is 6.32. The highest BCUT2D eigenvalue weighted by Gasteiger charge is 2.19. The minimum atomic E-state index is -0.838. The number of carbonyl (C=O) groups excluding carboxylic acids is 1. The smallest absolute Gasteiger partial charge is 0.336 e. The lowest BCUT2D eigenvalue weighted by Gasteiger charge is -2.17. The molecule has 0 spiro atoms. The second-order valence-electron chi connectivity index (χ2n) is 6.34. The molecule has 152 valence electrons. The zero-order valence-corrected chi connectivity index (χ0v) is 17.1. The molecule has 0 radical (unpaired) electrons. The van der Waals surface area contributed by atoms with Crippen LogP contribution in [0.1, 0.15) is 12.5 Å². The minimum absolute atomic E-state index is 0.361. The first-order valence-electron chi connectivity index (χ1n) is 8.76. The molecule has 7 nitrogen and oxygen atoms in total. The van der Waals surface area contributed by atoms with Crippen LogP contribution in [-0.2, 0) is 4.79 Å². The summed E-state index contributed by atoms with van der Waals surface area (Å²) in [6.45, 7) is 3.43. The van der Waals surface area contributed by atoms with Crippen molar-refractivity contribution in [1.29, 1.82) is 0 Å². The molecule has 1 heterocycles. The van der Waals surface area contributed by atoms with Crippen molar-refractivity contribution < 1.29 is 23.4 Å². The first kappa shape index (κ1) is 20.5. The highest BCUT2D eigenvalue weighted by atomic mass is 35.5. The molecule has 1 N–H and O–H groups in total. The van der Waals surface area contributed by atoms with Gasteiger partial charge in [-0.2, -0.15) is 0 Å². The van der Waals surface area contributed by atoms with E-state index in [0.717, 1.165) is 10.9 Å². The number of halogens is 1. The van der Waals surface area contributed by atoms with E-state index in [-0.39, 0.29) is 0 Å². The van der Waals surface area contributed by atoms with Crippen LogP contribution >= 0.6 is 11.6 Å². The average Bonchev–Trinajstić information content (AvgIpc) is 2.68. The molecule has 1 aromatic heterocycles. The first-order valence-corrected chi connectivity index (χ1v) is 9.13. The van der Waals surface area contributed by atoms with Crippen LogP contribution in [-0.4, -0.2) is 26.2 Å². The maximum atomic E-state index is 12.6. The van der Waals surface area contributed by atoms with Crippen LogP contribution in [0, 0.1) is 6.92 Å². The van der Waals surface area contributed by atoms with Gasteiger partial charge in [0.1, 0.15) is 22.8 Å². The van der Waals surface area contributed by atoms with E-state index >= 15 is 0 Å². The van der Waals surface area contributed by atoms with Crippen LogP contribution < -0.4 is 25.2 Å². The highest BCUT2D eigenvalue weighted by Crippen LogP contribution is 2.36. The molecule has 0 saturated carbocycles. The Balaban J connectivity index is 1.79. The first-order chi connectivity index (χ1) is 13.8. The monoisotopic (exact) mass is 417 g/mol. The Morgan fingerprint density at radius 3 is 2.52 bits per heavy atom. The van der Waals surface area contributed by atoms with E-state index in [1.807, 2.05) is 6.92 Å². The third-order valence-electron chi connectivity index (χ3n) is 4.34. The summed E-state index contributed by atoms with van der Waals surface area (Å²) in [6.07, 6.45) is -0.838. The predicted molar refractivity (Wildman–Crippen MR) is 110 cm³/mol. The topological polar surface area (TPSA) is 87.0 Å². The molecular weight excluding hydrogens is 398 g/mol. The summed E-state index contributed by atoms with van der Waals surface area (Å²) in [7, 11) is 2.95. The van der Waals surface area contributed by atoms with Crippen LogP contribution in [0.15, 0.2) is 45.6 Å². The molecule has 0 saturated heterocycles. The molecule has 3 aromatic rings. The molecule has 0 aliphatic rings. The number of nitrogens with one attached hydrogen (secondary N) is 1. The number of amides is 1. The van der Waals surface area contributed by atoms with Gasteiger partial charge in [-0.05, 0) is 31.5 Å². The summed E-state index contributed by atoms with van der Waals surface area (Å²) in [5.41, 5.74) is 1.15. The lowest BCUT2D eigenvalue weighted by atomic mass is 10.1. The summed E-state index contributed by atoms with van der Waals surface area (Å²) >= 11 is 6.08. The average molecular weight is 418 g/mol. The quantitative estimate of drug-likeness (QED) is 0.605. The summed E-state index contributed by atoms with van der Waals surface area (Å²) in [6, 6.07) is 9.62. The second-order valence-corrected chi connectivity index (χ2v) is 6.75. The molecule has 0 bridgehead atoms. The molecule has 1 atom stereocenters. The molecule has 1 amide bonds. The van der Waals surface area contributed by atoms with Gasteiger partial charge < -0.3 is 23.9 Å². The van der Waals surface area contributed by atoms with E-state index in [2.05, 4.69) is 5.32 Å². The van der Waals surface area contributed by atoms with Gasteiger partial charge in [0.15, 0.2) is 6.10 Å². The Hall–Kier alpha value is -3.19. The SMILES string of the molecule is COc1cc(NC(=O)C(C)Oc2ccc3c(C)cc(=O)oc3c2)c(OC)cc1Cl. The van der Waals surface area contributed by atoms with Gasteiger partial charge in [-0.3, -0.25) is 4.79 Å². The fourth-order valence-electron chi connectivity index (χ4n) is 2.83. The number of carbonyl (C=O) groups is 1. The number of aryl methyl sites for hydroxylation is 1. The van der Waals surface area contributed by atoms with Gasteiger partial charge in [-0.25, -0.2) is 4.79 Å². The largest absolute Gasteiger partial charge is 0.495 e. The minimum Gasteiger partial charge on any atom is -0.495 e. The maximum absolute atomic E-state index is 12.6. The van der Waals surface area contributed by atoms with Gasteiger partial charge in [-0.1, -0.05) is 11.6 Å². The fraction of sp³-hybridized carbons (Fsp3) is 0.238. The second kappa shape index (κ2) is 8.45. The van der Waals surface area contributed by atoms with Crippen molar-refractivity contribution in [3.63, 3.8) is 0 Å². The zero-order valence-electron chi connectivity index (χ0n) is 16.4. The van der Waals surface area contributed by atoms with E-state index in [9.17, 15) is 9.59 Å². The molecule has 2 aromatic carbocycles. The maximum Gasteiger partial charge on any atom is 0.336 e. The predicted octanol–water partition coefficient (Wildman–Crippen LogP) is 4.18. The van der Waals surface area contributed by atoms with E-state index in [4.69, 9.17) is 30.2 Å². The van der Waals surface area contributed by atoms with Crippen LogP contribution in [0.4, 0.5) is 5.69 Å². The molecular formula is C21H20ClNO6. The molecule has 8 heteroatoms. The van der Waals surface area contributed by atoms with Gasteiger partial charge >= 0.3 is 5.63 Å². The summed E-state index contributed by atoms with van der Waals surface area (Å²) in [5, 5.41) is 3.90. The third-order valence-corrected chi connectivity index (χ3v) is 4.63. The number of ether oxygens (including phenoxy) is 3. The van der Waals surface area contributed by atoms with Crippen molar-refractivity contribution in [3.05, 3.63) is 57.4 Å². The van der Waals surface area contributed by atoms with Crippen molar-refractivity contribution in [2.45, 2.75) is 20.0 Å². The number of methoxy groups -OCH3 is 2. The third kappa shape index (κ3) is 4.46. The van der Waals surface area contributed by atoms with Crippen LogP contribution in [0.25, 0.3) is 11.0 Å². The van der Waals surface area contributed by atoms with Crippen molar-refractivity contribution in [2.24, 2.45) is 0 Å². The molecule has 1 unspecified atom stereocenters. The number of anilines is 1. The van der Waals surface area contributed by atoms with Gasteiger partial charge in [-0.15, -0.1) is 0 Å². The van der Waals surface area contributed by atoms with Crippen molar-refractivity contribution in [3.8, 4) is 17.2 Å². The Morgan fingerprint density at radius 2 is 1.83 bits per heavy atom. The van der Waals surface area contributed by atoms with Crippen LogP contribution in [0.2, 0.25) is 5.02 Å². The van der Waals surface area contributed by atoms with Crippen LogP contribution in [0.5, 0.6) is 17.2 Å². The normalized spacial score (nSPS) is 11.8. The number of rotatable bonds is 6. The van der Waals surface area contributed by atoms with Crippen LogP contribution in [0.3, 0.4) is 0 Å². The van der Waals surface area contributed by atoms with E-state index < -0.39 is 17.6 Å². The van der Waals surface area contributed by atoms with Gasteiger partial charge in [0, 0.05) is 29.7 Å². The molecule has 0 aliphatic heterocycles. The lowest BCUT2D eigenvalue weighted by Crippen LogP contribution is -2.30. The Morgan fingerprint density at radius 1 is 1.10 bits per heavy atom. The number of benzene rings is 2. The number of hydrogen-bond donors (Lipinski definition) is 1. The summed E-state index contributed by atoms with van der Waals surface area (Å²) in [5.74, 6) is 0.781. The van der Waals surface area contributed by atoms with Crippen molar-refractivity contribution >= 4 is 34.2 Å². The summed E-state index contributed by atoms with van der Waals surface area (Å²) < 4.78 is 21.4. The van der Waals surface area contributed by atoms with Crippen molar-refractivity contribution in [1.82, 2.24) is 0 Å². The molecule has 29 heavy (non-hydrogen) atoms. The number of fused-ring (bicyclic) bond motifs is 1. The van der Waals surface area contributed by atoms with Gasteiger partial charge in [0.2, 0.25) is 0 Å². The van der Waals surface area contributed by atoms with E-state index in [0.29, 0.717) is 33.5 Å². The molecule has 3 rings (SSSR count). The fourth-order valence-corrected chi connectivity index (χ4v) is 3.06. The van der Waals surface area contributed by atoms with E-state index in [1.165, 1.54) is 20.3 Å². The van der Waals surface area contributed by atoms with Gasteiger partial charge in [0.05, 0.1) is 24.9 Å². The number of hydrogen-bond acceptors (Lipinski definition) is 6.